The van der Waals surface area contributed by atoms with Gasteiger partial charge in [0.05, 0.1) is 20.6 Å². The lowest BCUT2D eigenvalue weighted by Gasteiger charge is -2.14. The molecule has 0 aliphatic carbocycles. The van der Waals surface area contributed by atoms with Crippen molar-refractivity contribution in [3.05, 3.63) is 78.5 Å². The number of aromatic nitrogens is 1. The van der Waals surface area contributed by atoms with E-state index in [9.17, 15) is 13.2 Å². The van der Waals surface area contributed by atoms with Gasteiger partial charge in [-0.2, -0.15) is 0 Å². The number of sulfonamides is 1. The fourth-order valence-corrected chi connectivity index (χ4v) is 4.74. The van der Waals surface area contributed by atoms with Gasteiger partial charge < -0.3 is 19.8 Å². The number of carbonyl (C=O) groups is 1. The average molecular weight is 466 g/mol. The maximum absolute atomic E-state index is 13.0. The number of para-hydroxylation sites is 1. The highest BCUT2D eigenvalue weighted by Crippen LogP contribution is 2.29. The molecule has 0 unspecified atom stereocenters. The first-order valence-electron chi connectivity index (χ1n) is 10.1. The molecule has 33 heavy (non-hydrogen) atoms. The van der Waals surface area contributed by atoms with Gasteiger partial charge in [-0.1, -0.05) is 18.2 Å². The molecular weight excluding hydrogens is 442 g/mol. The van der Waals surface area contributed by atoms with Crippen LogP contribution in [0.15, 0.2) is 77.8 Å². The summed E-state index contributed by atoms with van der Waals surface area (Å²) in [6.07, 6.45) is 1.94. The molecule has 0 spiro atoms. The highest BCUT2D eigenvalue weighted by molar-refractivity contribution is 7.92. The summed E-state index contributed by atoms with van der Waals surface area (Å²) in [6.45, 7) is 0. The largest absolute Gasteiger partial charge is 0.497 e. The number of rotatable bonds is 8. The summed E-state index contributed by atoms with van der Waals surface area (Å²) in [6, 6.07) is 18.7. The van der Waals surface area contributed by atoms with Crippen LogP contribution in [0.2, 0.25) is 0 Å². The van der Waals surface area contributed by atoms with Crippen molar-refractivity contribution in [1.29, 1.82) is 0 Å². The topological polar surface area (TPSA) is 110 Å². The Morgan fingerprint density at radius 2 is 1.67 bits per heavy atom. The minimum Gasteiger partial charge on any atom is -0.497 e. The summed E-state index contributed by atoms with van der Waals surface area (Å²) < 4.78 is 38.9. The summed E-state index contributed by atoms with van der Waals surface area (Å²) >= 11 is 0. The van der Waals surface area contributed by atoms with Crippen LogP contribution in [0.5, 0.6) is 11.5 Å². The molecule has 0 atom stereocenters. The third-order valence-electron chi connectivity index (χ3n) is 5.11. The predicted molar refractivity (Wildman–Crippen MR) is 127 cm³/mol. The zero-order valence-corrected chi connectivity index (χ0v) is 18.9. The maximum Gasteiger partial charge on any atom is 0.265 e. The van der Waals surface area contributed by atoms with E-state index in [1.807, 2.05) is 24.3 Å². The molecule has 3 N–H and O–H groups in total. The van der Waals surface area contributed by atoms with Crippen molar-refractivity contribution in [3.63, 3.8) is 0 Å². The Kier molecular flexibility index (Phi) is 6.23. The molecule has 0 saturated carbocycles. The van der Waals surface area contributed by atoms with Crippen LogP contribution in [-0.2, 0) is 21.2 Å². The number of methoxy groups -OCH3 is 2. The van der Waals surface area contributed by atoms with Gasteiger partial charge in [0.2, 0.25) is 5.91 Å². The van der Waals surface area contributed by atoms with Crippen molar-refractivity contribution in [2.24, 2.45) is 0 Å². The Bertz CT molecular complexity index is 1400. The molecular formula is C24H23N3O5S. The zero-order chi connectivity index (χ0) is 23.4. The molecule has 4 rings (SSSR count). The lowest BCUT2D eigenvalue weighted by molar-refractivity contribution is -0.115. The van der Waals surface area contributed by atoms with E-state index in [0.29, 0.717) is 17.1 Å². The van der Waals surface area contributed by atoms with Gasteiger partial charge >= 0.3 is 0 Å². The van der Waals surface area contributed by atoms with Crippen molar-refractivity contribution >= 4 is 38.2 Å². The Morgan fingerprint density at radius 3 is 2.39 bits per heavy atom. The van der Waals surface area contributed by atoms with Crippen molar-refractivity contribution in [1.82, 2.24) is 4.98 Å². The molecule has 0 aliphatic heterocycles. The van der Waals surface area contributed by atoms with Gasteiger partial charge in [-0.05, 0) is 54.1 Å². The van der Waals surface area contributed by atoms with Crippen molar-refractivity contribution in [2.75, 3.05) is 24.3 Å². The number of anilines is 2. The van der Waals surface area contributed by atoms with E-state index in [-0.39, 0.29) is 23.0 Å². The van der Waals surface area contributed by atoms with E-state index < -0.39 is 10.0 Å². The molecule has 3 aromatic carbocycles. The number of benzene rings is 3. The summed E-state index contributed by atoms with van der Waals surface area (Å²) in [7, 11) is -1.07. The molecule has 1 aromatic heterocycles. The number of carbonyl (C=O) groups excluding carboxylic acids is 1. The minimum absolute atomic E-state index is 0.0919. The maximum atomic E-state index is 13.0. The van der Waals surface area contributed by atoms with Gasteiger partial charge in [-0.15, -0.1) is 0 Å². The number of amides is 1. The summed E-state index contributed by atoms with van der Waals surface area (Å²) in [4.78, 5) is 15.7. The van der Waals surface area contributed by atoms with Crippen LogP contribution in [-0.4, -0.2) is 33.5 Å². The van der Waals surface area contributed by atoms with E-state index >= 15 is 0 Å². The second kappa shape index (κ2) is 9.25. The number of aromatic amines is 1. The first-order valence-corrected chi connectivity index (χ1v) is 11.6. The lowest BCUT2D eigenvalue weighted by atomic mass is 10.1. The van der Waals surface area contributed by atoms with E-state index in [1.54, 1.807) is 36.5 Å². The van der Waals surface area contributed by atoms with Gasteiger partial charge in [-0.3, -0.25) is 9.52 Å². The first kappa shape index (κ1) is 22.2. The molecule has 0 aliphatic rings. The molecule has 1 amide bonds. The second-order valence-electron chi connectivity index (χ2n) is 7.28. The van der Waals surface area contributed by atoms with Crippen LogP contribution >= 0.6 is 0 Å². The number of H-pyrrole nitrogens is 1. The molecule has 9 heteroatoms. The first-order chi connectivity index (χ1) is 15.9. The Morgan fingerprint density at radius 1 is 0.939 bits per heavy atom. The number of hydrogen-bond acceptors (Lipinski definition) is 5. The van der Waals surface area contributed by atoms with Crippen LogP contribution in [0.25, 0.3) is 10.9 Å². The Hall–Kier alpha value is -3.98. The average Bonchev–Trinajstić information content (AvgIpc) is 3.22. The summed E-state index contributed by atoms with van der Waals surface area (Å²) in [5, 5.41) is 3.74. The third-order valence-corrected chi connectivity index (χ3v) is 6.51. The van der Waals surface area contributed by atoms with Crippen molar-refractivity contribution in [3.8, 4) is 11.5 Å². The SMILES string of the molecule is COc1ccc(NS(=O)(=O)c2cc(NC(=O)Cc3c[nH]c4ccccc34)ccc2OC)cc1. The van der Waals surface area contributed by atoms with Crippen molar-refractivity contribution in [2.45, 2.75) is 11.3 Å². The highest BCUT2D eigenvalue weighted by Gasteiger charge is 2.21. The molecule has 170 valence electrons. The summed E-state index contributed by atoms with van der Waals surface area (Å²) in [5.74, 6) is 0.498. The van der Waals surface area contributed by atoms with Gasteiger partial charge in [0.25, 0.3) is 10.0 Å². The van der Waals surface area contributed by atoms with E-state index in [1.165, 1.54) is 26.4 Å². The summed E-state index contributed by atoms with van der Waals surface area (Å²) in [5.41, 5.74) is 2.51. The lowest BCUT2D eigenvalue weighted by Crippen LogP contribution is -2.17. The number of ether oxygens (including phenoxy) is 2. The number of fused-ring (bicyclic) bond motifs is 1. The monoisotopic (exact) mass is 465 g/mol. The van der Waals surface area contributed by atoms with Crippen LogP contribution in [0.3, 0.4) is 0 Å². The molecule has 0 bridgehead atoms. The van der Waals surface area contributed by atoms with E-state index in [4.69, 9.17) is 9.47 Å². The Labute approximate surface area is 191 Å². The predicted octanol–water partition coefficient (Wildman–Crippen LogP) is 4.17. The van der Waals surface area contributed by atoms with Gasteiger partial charge in [0.15, 0.2) is 0 Å². The molecule has 4 aromatic rings. The quantitative estimate of drug-likeness (QED) is 0.362. The zero-order valence-electron chi connectivity index (χ0n) is 18.1. The highest BCUT2D eigenvalue weighted by atomic mass is 32.2. The van der Waals surface area contributed by atoms with Crippen LogP contribution in [0.1, 0.15) is 5.56 Å². The fraction of sp³-hybridized carbons (Fsp3) is 0.125. The van der Waals surface area contributed by atoms with Gasteiger partial charge in [-0.25, -0.2) is 8.42 Å². The van der Waals surface area contributed by atoms with Crippen LogP contribution < -0.4 is 19.5 Å². The molecule has 0 radical (unpaired) electrons. The molecule has 8 nitrogen and oxygen atoms in total. The number of hydrogen-bond donors (Lipinski definition) is 3. The van der Waals surface area contributed by atoms with E-state index in [2.05, 4.69) is 15.0 Å². The standard InChI is InChI=1S/C24H23N3O5S/c1-31-19-10-7-17(8-11-19)27-33(29,30)23-14-18(9-12-22(23)32-2)26-24(28)13-16-15-25-21-6-4-3-5-20(16)21/h3-12,14-15,25,27H,13H2,1-2H3,(H,26,28). The van der Waals surface area contributed by atoms with Gasteiger partial charge in [0.1, 0.15) is 16.4 Å². The minimum atomic E-state index is -3.98. The van der Waals surface area contributed by atoms with Crippen molar-refractivity contribution < 1.29 is 22.7 Å². The molecule has 0 saturated heterocycles. The second-order valence-corrected chi connectivity index (χ2v) is 8.93. The van der Waals surface area contributed by atoms with Crippen LogP contribution in [0.4, 0.5) is 11.4 Å². The fourth-order valence-electron chi connectivity index (χ4n) is 3.49. The normalized spacial score (nSPS) is 11.2. The molecule has 1 heterocycles. The number of nitrogens with one attached hydrogen (secondary N) is 3. The Balaban J connectivity index is 1.54. The third kappa shape index (κ3) is 4.93. The molecule has 0 fully saturated rings. The van der Waals surface area contributed by atoms with Crippen LogP contribution in [0, 0.1) is 0 Å². The smallest absolute Gasteiger partial charge is 0.265 e. The van der Waals surface area contributed by atoms with Gasteiger partial charge in [0, 0.05) is 28.5 Å². The van der Waals surface area contributed by atoms with E-state index in [0.717, 1.165) is 16.5 Å².